The Balaban J connectivity index is 0.00000417. The van der Waals surface area contributed by atoms with E-state index in [1.807, 2.05) is 77.7 Å². The first-order valence-corrected chi connectivity index (χ1v) is 15.1. The van der Waals surface area contributed by atoms with Gasteiger partial charge in [-0.1, -0.05) is 74.3 Å². The van der Waals surface area contributed by atoms with Gasteiger partial charge in [-0.3, -0.25) is 4.68 Å². The molecule has 0 saturated heterocycles. The van der Waals surface area contributed by atoms with E-state index >= 15 is 0 Å². The molecule has 3 aromatic heterocycles. The van der Waals surface area contributed by atoms with Crippen molar-refractivity contribution < 1.29 is 29.9 Å². The van der Waals surface area contributed by atoms with Crippen LogP contribution in [0.4, 0.5) is 0 Å². The van der Waals surface area contributed by atoms with Crippen LogP contribution in [0.3, 0.4) is 0 Å². The van der Waals surface area contributed by atoms with E-state index in [0.29, 0.717) is 17.3 Å². The molecule has 0 fully saturated rings. The van der Waals surface area contributed by atoms with Gasteiger partial charge in [-0.25, -0.2) is 4.98 Å². The number of ether oxygens (including phenoxy) is 1. The van der Waals surface area contributed by atoms with E-state index in [0.717, 1.165) is 61.1 Å². The maximum Gasteiger partial charge on any atom is 2.00 e. The van der Waals surface area contributed by atoms with Gasteiger partial charge in [-0.05, 0) is 73.4 Å². The second-order valence-corrected chi connectivity index (χ2v) is 12.6. The zero-order valence-electron chi connectivity index (χ0n) is 29.7. The summed E-state index contributed by atoms with van der Waals surface area (Å²) in [7, 11) is 0. The molecule has 5 nitrogen and oxygen atoms in total. The summed E-state index contributed by atoms with van der Waals surface area (Å²) in [6.07, 6.45) is 1.77. The Kier molecular flexibility index (Phi) is 7.28. The largest absolute Gasteiger partial charge is 2.00 e. The van der Waals surface area contributed by atoms with Gasteiger partial charge < -0.3 is 9.30 Å². The van der Waals surface area contributed by atoms with Gasteiger partial charge in [-0.2, -0.15) is 11.2 Å². The zero-order chi connectivity index (χ0) is 34.0. The van der Waals surface area contributed by atoms with Gasteiger partial charge >= 0.3 is 21.1 Å². The van der Waals surface area contributed by atoms with Crippen molar-refractivity contribution in [2.45, 2.75) is 53.8 Å². The van der Waals surface area contributed by atoms with Crippen molar-refractivity contribution in [1.82, 2.24) is 19.3 Å². The zero-order valence-corrected chi connectivity index (χ0v) is 28.9. The molecule has 0 atom stereocenters. The van der Waals surface area contributed by atoms with Crippen molar-refractivity contribution in [1.29, 1.82) is 0 Å². The number of aryl methyl sites for hydroxylation is 3. The number of nitrogens with zero attached hydrogens (tertiary/aromatic N) is 4. The summed E-state index contributed by atoms with van der Waals surface area (Å²) in [4.78, 5) is 4.67. The van der Waals surface area contributed by atoms with Crippen LogP contribution >= 0.6 is 0 Å². The van der Waals surface area contributed by atoms with Crippen molar-refractivity contribution in [2.75, 3.05) is 0 Å². The van der Waals surface area contributed by atoms with Crippen LogP contribution in [0.25, 0.3) is 44.4 Å². The molecule has 0 aliphatic carbocycles. The van der Waals surface area contributed by atoms with E-state index in [4.69, 9.17) is 13.9 Å². The van der Waals surface area contributed by atoms with Crippen molar-refractivity contribution in [3.8, 4) is 34.1 Å². The predicted molar refractivity (Wildman–Crippen MR) is 183 cm³/mol. The third kappa shape index (κ3) is 5.69. The van der Waals surface area contributed by atoms with Crippen molar-refractivity contribution in [3.05, 3.63) is 131 Å². The van der Waals surface area contributed by atoms with Gasteiger partial charge in [0.25, 0.3) is 0 Å². The molecule has 7 rings (SSSR count). The second kappa shape index (κ2) is 12.0. The number of pyridine rings is 1. The maximum absolute atomic E-state index is 8.00. The number of hydrogen-bond acceptors (Lipinski definition) is 3. The molecule has 0 saturated carbocycles. The summed E-state index contributed by atoms with van der Waals surface area (Å²) in [6.45, 7) is 10.4. The number of benzene rings is 4. The second-order valence-electron chi connectivity index (χ2n) is 12.6. The molecule has 46 heavy (non-hydrogen) atoms. The van der Waals surface area contributed by atoms with Gasteiger partial charge in [0.2, 0.25) is 0 Å². The van der Waals surface area contributed by atoms with Crippen molar-refractivity contribution in [2.24, 2.45) is 0 Å². The Hall–Kier alpha value is -4.47. The van der Waals surface area contributed by atoms with E-state index in [1.54, 1.807) is 18.3 Å². The van der Waals surface area contributed by atoms with Gasteiger partial charge in [0, 0.05) is 38.6 Å². The van der Waals surface area contributed by atoms with Crippen molar-refractivity contribution >= 4 is 21.8 Å². The number of rotatable bonds is 5. The summed E-state index contributed by atoms with van der Waals surface area (Å²) in [5.41, 5.74) is 8.80. The number of hydrogen-bond donors (Lipinski definition) is 0. The normalized spacial score (nSPS) is 12.9. The van der Waals surface area contributed by atoms with E-state index in [2.05, 4.69) is 63.0 Å². The number of aromatic nitrogens is 4. The van der Waals surface area contributed by atoms with E-state index < -0.39 is 6.85 Å². The Morgan fingerprint density at radius 3 is 2.35 bits per heavy atom. The SMILES string of the molecule is [2H]C([2H])([2H])c1ccc2c(c1)c1ccc(Oc3[c-]c(-n4nc(C)c(-c5ccccc5)c4C)cc(C(C)(C)C)c3)[c-]c1n2-c1cc(C)ccn1.[Pt+2]. The molecule has 0 spiro atoms. The van der Waals surface area contributed by atoms with Crippen LogP contribution in [0.2, 0.25) is 0 Å². The molecule has 232 valence electrons. The molecular formula is C40H36N4OPt. The molecule has 0 N–H and O–H groups in total. The third-order valence-electron chi connectivity index (χ3n) is 8.28. The summed E-state index contributed by atoms with van der Waals surface area (Å²) in [5, 5.41) is 6.61. The predicted octanol–water partition coefficient (Wildman–Crippen LogP) is 9.95. The monoisotopic (exact) mass is 786 g/mol. The van der Waals surface area contributed by atoms with Crippen LogP contribution in [-0.2, 0) is 26.5 Å². The molecular weight excluding hydrogens is 748 g/mol. The average molecular weight is 787 g/mol. The quantitative estimate of drug-likeness (QED) is 0.163. The Morgan fingerprint density at radius 1 is 0.804 bits per heavy atom. The molecule has 0 amide bonds. The first-order chi connectivity index (χ1) is 22.8. The third-order valence-corrected chi connectivity index (χ3v) is 8.28. The minimum atomic E-state index is -2.23. The molecule has 3 heterocycles. The Labute approximate surface area is 289 Å². The molecule has 7 aromatic rings. The van der Waals surface area contributed by atoms with E-state index in [-0.39, 0.29) is 32.0 Å². The first-order valence-electron chi connectivity index (χ1n) is 16.6. The Bertz CT molecular complexity index is 2330. The standard InChI is InChI=1S/C40H36N4O.Pt/c1-25-13-16-36-35(19-25)34-15-14-32(24-37(34)43(36)38-20-26(2)17-18-41-38)45-33-22-30(40(5,6)7)21-31(23-33)44-28(4)39(27(3)42-44)29-11-9-8-10-12-29;/h8-22H,1-7H3;/q-2;+2/i1D3;. The average Bonchev–Trinajstić information content (AvgIpc) is 3.52. The van der Waals surface area contributed by atoms with Crippen LogP contribution in [0, 0.1) is 39.8 Å². The minimum Gasteiger partial charge on any atom is -0.509 e. The van der Waals surface area contributed by atoms with Crippen LogP contribution in [0.5, 0.6) is 11.5 Å². The summed E-state index contributed by atoms with van der Waals surface area (Å²) >= 11 is 0. The van der Waals surface area contributed by atoms with Crippen molar-refractivity contribution in [3.63, 3.8) is 0 Å². The maximum atomic E-state index is 8.00. The molecule has 0 aliphatic heterocycles. The minimum absolute atomic E-state index is 0. The van der Waals surface area contributed by atoms with Crippen LogP contribution in [0.1, 0.15) is 53.0 Å². The van der Waals surface area contributed by atoms with Gasteiger partial charge in [-0.15, -0.1) is 41.3 Å². The smallest absolute Gasteiger partial charge is 0.509 e. The summed E-state index contributed by atoms with van der Waals surface area (Å²) in [6, 6.07) is 34.5. The molecule has 6 heteroatoms. The first kappa shape index (κ1) is 27.8. The van der Waals surface area contributed by atoms with Crippen LogP contribution in [0.15, 0.2) is 91.1 Å². The van der Waals surface area contributed by atoms with Crippen LogP contribution < -0.4 is 4.74 Å². The van der Waals surface area contributed by atoms with Gasteiger partial charge in [0.1, 0.15) is 5.82 Å². The molecule has 4 aromatic carbocycles. The summed E-state index contributed by atoms with van der Waals surface area (Å²) < 4.78 is 34.5. The van der Waals surface area contributed by atoms with Crippen LogP contribution in [-0.4, -0.2) is 19.3 Å². The summed E-state index contributed by atoms with van der Waals surface area (Å²) in [5.74, 6) is 1.76. The molecule has 0 bridgehead atoms. The molecule has 0 radical (unpaired) electrons. The fraction of sp³-hybridized carbons (Fsp3) is 0.200. The van der Waals surface area contributed by atoms with E-state index in [9.17, 15) is 0 Å². The Morgan fingerprint density at radius 2 is 1.61 bits per heavy atom. The molecule has 0 aliphatic rings. The topological polar surface area (TPSA) is 44.9 Å². The van der Waals surface area contributed by atoms with Gasteiger partial charge in [0.15, 0.2) is 0 Å². The fourth-order valence-corrected chi connectivity index (χ4v) is 6.01. The molecule has 0 unspecified atom stereocenters. The van der Waals surface area contributed by atoms with E-state index in [1.165, 1.54) is 0 Å². The number of fused-ring (bicyclic) bond motifs is 3. The van der Waals surface area contributed by atoms with Gasteiger partial charge in [0.05, 0.1) is 5.69 Å². The fourth-order valence-electron chi connectivity index (χ4n) is 6.01.